The Kier molecular flexibility index (Phi) is 9.27. The molecule has 0 spiro atoms. The Hall–Kier alpha value is -3.40. The number of hydrogen-bond donors (Lipinski definition) is 3. The molecular formula is C29H41N5O5. The Morgan fingerprint density at radius 3 is 2.21 bits per heavy atom. The second-order valence-corrected chi connectivity index (χ2v) is 11.6. The maximum Gasteiger partial charge on any atom is 0.407 e. The van der Waals surface area contributed by atoms with Gasteiger partial charge in [-0.1, -0.05) is 18.2 Å². The zero-order valence-electron chi connectivity index (χ0n) is 23.2. The highest BCUT2D eigenvalue weighted by Gasteiger charge is 2.25. The molecule has 1 saturated carbocycles. The highest BCUT2D eigenvalue weighted by molar-refractivity contribution is 6.07. The standard InChI is InChI=1S/C29H41N5O5/c1-29(2,3)39-28(38)31-18-21-10-8-20(9-11-21)17-30-27(37)23-16-25(32-24-7-5-4-6-22(23)24)33-12-14-34(15-13-33)26(36)19-35/h4-7,16,20-21,35H,8-15,17-19H2,1-3H3,(H,30,37)(H,31,38)/t20-,21-. The zero-order valence-corrected chi connectivity index (χ0v) is 23.2. The molecule has 10 nitrogen and oxygen atoms in total. The molecule has 1 aliphatic heterocycles. The summed E-state index contributed by atoms with van der Waals surface area (Å²) in [5.41, 5.74) is 0.850. The average Bonchev–Trinajstić information content (AvgIpc) is 2.93. The van der Waals surface area contributed by atoms with Crippen molar-refractivity contribution in [3.8, 4) is 0 Å². The first-order chi connectivity index (χ1) is 18.6. The highest BCUT2D eigenvalue weighted by Crippen LogP contribution is 2.29. The van der Waals surface area contributed by atoms with Crippen molar-refractivity contribution < 1.29 is 24.2 Å². The second-order valence-electron chi connectivity index (χ2n) is 11.6. The molecule has 1 aromatic heterocycles. The summed E-state index contributed by atoms with van der Waals surface area (Å²) in [4.78, 5) is 45.7. The number of aliphatic hydroxyl groups is 1. The van der Waals surface area contributed by atoms with Gasteiger partial charge >= 0.3 is 6.09 Å². The zero-order chi connectivity index (χ0) is 28.0. The van der Waals surface area contributed by atoms with E-state index >= 15 is 0 Å². The number of anilines is 1. The quantitative estimate of drug-likeness (QED) is 0.494. The van der Waals surface area contributed by atoms with E-state index in [1.165, 1.54) is 0 Å². The maximum atomic E-state index is 13.4. The lowest BCUT2D eigenvalue weighted by Gasteiger charge is -2.35. The molecule has 39 heavy (non-hydrogen) atoms. The van der Waals surface area contributed by atoms with Gasteiger partial charge in [0.25, 0.3) is 5.91 Å². The Bertz CT molecular complexity index is 1160. The van der Waals surface area contributed by atoms with Crippen LogP contribution in [0.15, 0.2) is 30.3 Å². The molecule has 2 fully saturated rings. The van der Waals surface area contributed by atoms with Crippen LogP contribution in [0.5, 0.6) is 0 Å². The summed E-state index contributed by atoms with van der Waals surface area (Å²) in [6, 6.07) is 9.50. The number of aliphatic hydroxyl groups excluding tert-OH is 1. The van der Waals surface area contributed by atoms with E-state index in [1.54, 1.807) is 4.90 Å². The number of nitrogens with one attached hydrogen (secondary N) is 2. The van der Waals surface area contributed by atoms with E-state index in [0.717, 1.165) is 36.6 Å². The van der Waals surface area contributed by atoms with Gasteiger partial charge in [-0.3, -0.25) is 9.59 Å². The molecule has 3 N–H and O–H groups in total. The van der Waals surface area contributed by atoms with E-state index < -0.39 is 12.2 Å². The number of carbonyl (C=O) groups excluding carboxylic acids is 3. The second kappa shape index (κ2) is 12.6. The van der Waals surface area contributed by atoms with Crippen LogP contribution in [0.3, 0.4) is 0 Å². The predicted octanol–water partition coefficient (Wildman–Crippen LogP) is 2.94. The van der Waals surface area contributed by atoms with Crippen LogP contribution < -0.4 is 15.5 Å². The normalized spacial score (nSPS) is 20.0. The summed E-state index contributed by atoms with van der Waals surface area (Å²) < 4.78 is 5.32. The third kappa shape index (κ3) is 7.81. The molecule has 0 atom stereocenters. The van der Waals surface area contributed by atoms with Gasteiger partial charge in [-0.2, -0.15) is 0 Å². The van der Waals surface area contributed by atoms with Crippen molar-refractivity contribution in [2.24, 2.45) is 11.8 Å². The number of hydrogen-bond acceptors (Lipinski definition) is 7. The Balaban J connectivity index is 1.32. The number of rotatable bonds is 7. The number of aromatic nitrogens is 1. The first-order valence-electron chi connectivity index (χ1n) is 13.9. The van der Waals surface area contributed by atoms with Gasteiger partial charge < -0.3 is 30.3 Å². The minimum Gasteiger partial charge on any atom is -0.444 e. The van der Waals surface area contributed by atoms with Gasteiger partial charge in [0, 0.05) is 44.7 Å². The lowest BCUT2D eigenvalue weighted by atomic mass is 9.82. The topological polar surface area (TPSA) is 124 Å². The average molecular weight is 540 g/mol. The summed E-state index contributed by atoms with van der Waals surface area (Å²) in [6.07, 6.45) is 3.63. The smallest absolute Gasteiger partial charge is 0.407 e. The molecule has 2 heterocycles. The monoisotopic (exact) mass is 539 g/mol. The molecule has 3 amide bonds. The van der Waals surface area contributed by atoms with Gasteiger partial charge in [0.1, 0.15) is 18.0 Å². The minimum atomic E-state index is -0.503. The van der Waals surface area contributed by atoms with Crippen molar-refractivity contribution in [1.82, 2.24) is 20.5 Å². The van der Waals surface area contributed by atoms with Crippen LogP contribution in [0.1, 0.15) is 56.8 Å². The molecule has 1 saturated heterocycles. The van der Waals surface area contributed by atoms with Crippen LogP contribution in [0.2, 0.25) is 0 Å². The summed E-state index contributed by atoms with van der Waals surface area (Å²) in [7, 11) is 0. The molecular weight excluding hydrogens is 498 g/mol. The number of pyridine rings is 1. The van der Waals surface area contributed by atoms with Crippen LogP contribution in [-0.2, 0) is 9.53 Å². The van der Waals surface area contributed by atoms with Crippen LogP contribution in [-0.4, -0.2) is 84.4 Å². The van der Waals surface area contributed by atoms with Crippen LogP contribution in [0, 0.1) is 11.8 Å². The fourth-order valence-electron chi connectivity index (χ4n) is 5.31. The molecule has 1 aromatic carbocycles. The van der Waals surface area contributed by atoms with E-state index in [-0.39, 0.29) is 17.9 Å². The molecule has 10 heteroatoms. The third-order valence-electron chi connectivity index (χ3n) is 7.49. The molecule has 0 unspecified atom stereocenters. The molecule has 0 radical (unpaired) electrons. The molecule has 4 rings (SSSR count). The lowest BCUT2D eigenvalue weighted by Crippen LogP contribution is -2.49. The number of carbonyl (C=O) groups is 3. The fourth-order valence-corrected chi connectivity index (χ4v) is 5.31. The van der Waals surface area contributed by atoms with Crippen LogP contribution >= 0.6 is 0 Å². The van der Waals surface area contributed by atoms with Crippen molar-refractivity contribution in [3.63, 3.8) is 0 Å². The maximum absolute atomic E-state index is 13.4. The van der Waals surface area contributed by atoms with Crippen LogP contribution in [0.4, 0.5) is 10.6 Å². The van der Waals surface area contributed by atoms with Crippen molar-refractivity contribution in [2.75, 3.05) is 50.8 Å². The minimum absolute atomic E-state index is 0.113. The summed E-state index contributed by atoms with van der Waals surface area (Å²) in [5.74, 6) is 1.15. The molecule has 2 aromatic rings. The van der Waals surface area contributed by atoms with Crippen LogP contribution in [0.25, 0.3) is 10.9 Å². The van der Waals surface area contributed by atoms with Gasteiger partial charge in [-0.15, -0.1) is 0 Å². The SMILES string of the molecule is CC(C)(C)OC(=O)NC[C@H]1CC[C@H](CNC(=O)c2cc(N3CCN(C(=O)CO)CC3)nc3ccccc23)CC1. The Labute approximate surface area is 230 Å². The van der Waals surface area contributed by atoms with E-state index in [1.807, 2.05) is 51.1 Å². The van der Waals surface area contributed by atoms with Gasteiger partial charge in [0.05, 0.1) is 11.1 Å². The third-order valence-corrected chi connectivity index (χ3v) is 7.49. The largest absolute Gasteiger partial charge is 0.444 e. The van der Waals surface area contributed by atoms with E-state index in [2.05, 4.69) is 15.5 Å². The number of ether oxygens (including phenoxy) is 1. The lowest BCUT2D eigenvalue weighted by molar-refractivity contribution is -0.134. The van der Waals surface area contributed by atoms with Crippen molar-refractivity contribution in [1.29, 1.82) is 0 Å². The van der Waals surface area contributed by atoms with E-state index in [0.29, 0.717) is 62.5 Å². The number of benzene rings is 1. The summed E-state index contributed by atoms with van der Waals surface area (Å²) in [6.45, 7) is 8.49. The van der Waals surface area contributed by atoms with Crippen molar-refractivity contribution >= 4 is 34.6 Å². The van der Waals surface area contributed by atoms with Gasteiger partial charge in [-0.05, 0) is 70.4 Å². The van der Waals surface area contributed by atoms with Gasteiger partial charge in [0.15, 0.2) is 0 Å². The fraction of sp³-hybridized carbons (Fsp3) is 0.586. The first kappa shape index (κ1) is 28.6. The highest BCUT2D eigenvalue weighted by atomic mass is 16.6. The number of piperazine rings is 1. The Morgan fingerprint density at radius 2 is 1.59 bits per heavy atom. The van der Waals surface area contributed by atoms with E-state index in [4.69, 9.17) is 14.8 Å². The van der Waals surface area contributed by atoms with Gasteiger partial charge in [-0.25, -0.2) is 9.78 Å². The number of fused-ring (bicyclic) bond motifs is 1. The van der Waals surface area contributed by atoms with E-state index in [9.17, 15) is 14.4 Å². The number of alkyl carbamates (subject to hydrolysis) is 1. The number of para-hydroxylation sites is 1. The first-order valence-corrected chi connectivity index (χ1v) is 13.9. The molecule has 0 bridgehead atoms. The van der Waals surface area contributed by atoms with Crippen molar-refractivity contribution in [3.05, 3.63) is 35.9 Å². The summed E-state index contributed by atoms with van der Waals surface area (Å²) >= 11 is 0. The van der Waals surface area contributed by atoms with Gasteiger partial charge in [0.2, 0.25) is 5.91 Å². The Morgan fingerprint density at radius 1 is 0.974 bits per heavy atom. The summed E-state index contributed by atoms with van der Waals surface area (Å²) in [5, 5.41) is 16.0. The number of nitrogens with zero attached hydrogens (tertiary/aromatic N) is 3. The van der Waals surface area contributed by atoms with Crippen molar-refractivity contribution in [2.45, 2.75) is 52.1 Å². The number of amides is 3. The predicted molar refractivity (Wildman–Crippen MR) is 150 cm³/mol. The molecule has 212 valence electrons. The molecule has 1 aliphatic carbocycles. The molecule has 2 aliphatic rings.